The molecule has 0 heterocycles. The van der Waals surface area contributed by atoms with Crippen molar-refractivity contribution in [2.24, 2.45) is 0 Å². The van der Waals surface area contributed by atoms with Crippen molar-refractivity contribution in [3.05, 3.63) is 46.4 Å². The van der Waals surface area contributed by atoms with Gasteiger partial charge in [-0.1, -0.05) is 6.58 Å². The van der Waals surface area contributed by atoms with Gasteiger partial charge in [0.15, 0.2) is 0 Å². The lowest BCUT2D eigenvalue weighted by atomic mass is 10.3. The van der Waals surface area contributed by atoms with Gasteiger partial charge in [-0.15, -0.1) is 0 Å². The van der Waals surface area contributed by atoms with Crippen molar-refractivity contribution in [2.45, 2.75) is 6.92 Å². The summed E-state index contributed by atoms with van der Waals surface area (Å²) in [6.45, 7) is 4.84. The zero-order chi connectivity index (χ0) is 11.8. The Morgan fingerprint density at radius 2 is 2.13 bits per heavy atom. The predicted octanol–water partition coefficient (Wildman–Crippen LogP) is 2.02. The van der Waals surface area contributed by atoms with E-state index in [2.05, 4.69) is 16.1 Å². The Morgan fingerprint density at radius 1 is 1.53 bits per heavy atom. The number of allylic oxidation sites excluding steroid dienone is 3. The fourth-order valence-corrected chi connectivity index (χ4v) is 0.655. The summed E-state index contributed by atoms with van der Waals surface area (Å²) < 4.78 is 8.79. The van der Waals surface area contributed by atoms with E-state index in [1.165, 1.54) is 19.1 Å². The fourth-order valence-electron chi connectivity index (χ4n) is 0.655. The number of carbonyl (C=O) groups is 1. The van der Waals surface area contributed by atoms with Crippen LogP contribution in [0.2, 0.25) is 0 Å². The molecule has 0 saturated heterocycles. The number of ether oxygens (including phenoxy) is 2. The maximum atomic E-state index is 10.7. The van der Waals surface area contributed by atoms with Crippen LogP contribution in [0, 0.1) is 10.1 Å². The van der Waals surface area contributed by atoms with Crippen molar-refractivity contribution in [2.75, 3.05) is 7.11 Å². The summed E-state index contributed by atoms with van der Waals surface area (Å²) in [6, 6.07) is 0. The first kappa shape index (κ1) is 12.9. The van der Waals surface area contributed by atoms with Crippen molar-refractivity contribution in [3.8, 4) is 0 Å². The molecule has 0 aromatic carbocycles. The quantitative estimate of drug-likeness (QED) is 0.234. The van der Waals surface area contributed by atoms with Crippen LogP contribution in [0.3, 0.4) is 0 Å². The summed E-state index contributed by atoms with van der Waals surface area (Å²) in [7, 11) is 1.13. The van der Waals surface area contributed by atoms with E-state index in [1.807, 2.05) is 0 Å². The number of carbonyl (C=O) groups excluding carboxylic acids is 1. The smallest absolute Gasteiger partial charge is 0.437 e. The van der Waals surface area contributed by atoms with Gasteiger partial charge >= 0.3 is 6.16 Å². The van der Waals surface area contributed by atoms with Gasteiger partial charge in [0.05, 0.1) is 18.1 Å². The van der Waals surface area contributed by atoms with Crippen LogP contribution in [-0.2, 0) is 9.47 Å². The highest BCUT2D eigenvalue weighted by atomic mass is 16.7. The molecule has 0 saturated carbocycles. The van der Waals surface area contributed by atoms with E-state index in [0.717, 1.165) is 13.2 Å². The minimum Gasteiger partial charge on any atom is -0.437 e. The number of rotatable bonds is 4. The van der Waals surface area contributed by atoms with Gasteiger partial charge in [-0.2, -0.15) is 0 Å². The van der Waals surface area contributed by atoms with Crippen molar-refractivity contribution >= 4 is 6.16 Å². The average molecular weight is 213 g/mol. The molecular weight excluding hydrogens is 202 g/mol. The standard InChI is InChI=1S/C9H11NO5/c1-4-7(10(12)13)6-8(5-2)15-9(11)14-3/h4-6H,2H2,1,3H3/b7-4+,8-6+. The Bertz CT molecular complexity index is 329. The number of nitrogens with zero attached hydrogens (tertiary/aromatic N) is 1. The molecule has 0 radical (unpaired) electrons. The first-order valence-electron chi connectivity index (χ1n) is 3.95. The molecule has 0 atom stereocenters. The molecule has 0 aromatic heterocycles. The highest BCUT2D eigenvalue weighted by molar-refractivity contribution is 5.61. The summed E-state index contributed by atoms with van der Waals surface area (Å²) >= 11 is 0. The van der Waals surface area contributed by atoms with Gasteiger partial charge in [-0.05, 0) is 19.1 Å². The molecule has 0 aliphatic rings. The average Bonchev–Trinajstić information content (AvgIpc) is 2.22. The lowest BCUT2D eigenvalue weighted by Crippen LogP contribution is -2.04. The van der Waals surface area contributed by atoms with Crippen LogP contribution >= 0.6 is 0 Å². The first-order valence-corrected chi connectivity index (χ1v) is 3.95. The van der Waals surface area contributed by atoms with E-state index in [-0.39, 0.29) is 11.5 Å². The Hall–Kier alpha value is -2.11. The molecule has 6 nitrogen and oxygen atoms in total. The Labute approximate surface area is 86.6 Å². The molecule has 0 spiro atoms. The molecule has 0 N–H and O–H groups in total. The van der Waals surface area contributed by atoms with Crippen LogP contribution in [0.1, 0.15) is 6.92 Å². The Morgan fingerprint density at radius 3 is 2.47 bits per heavy atom. The Balaban J connectivity index is 4.80. The van der Waals surface area contributed by atoms with Gasteiger partial charge in [0, 0.05) is 0 Å². The molecule has 0 amide bonds. The van der Waals surface area contributed by atoms with E-state index in [4.69, 9.17) is 0 Å². The highest BCUT2D eigenvalue weighted by Crippen LogP contribution is 2.07. The summed E-state index contributed by atoms with van der Waals surface area (Å²) in [5.41, 5.74) is -0.200. The third-order valence-corrected chi connectivity index (χ3v) is 1.37. The van der Waals surface area contributed by atoms with E-state index in [9.17, 15) is 14.9 Å². The Kier molecular flexibility index (Phi) is 5.47. The predicted molar refractivity (Wildman–Crippen MR) is 52.5 cm³/mol. The lowest BCUT2D eigenvalue weighted by Gasteiger charge is -2.01. The number of hydrogen-bond acceptors (Lipinski definition) is 5. The summed E-state index contributed by atoms with van der Waals surface area (Å²) in [6.07, 6.45) is 2.55. The summed E-state index contributed by atoms with van der Waals surface area (Å²) in [5, 5.41) is 10.4. The number of nitro groups is 1. The van der Waals surface area contributed by atoms with E-state index in [0.29, 0.717) is 0 Å². The molecule has 0 fully saturated rings. The maximum absolute atomic E-state index is 10.7. The van der Waals surface area contributed by atoms with Crippen LogP contribution in [0.5, 0.6) is 0 Å². The van der Waals surface area contributed by atoms with E-state index in [1.54, 1.807) is 0 Å². The van der Waals surface area contributed by atoms with Gasteiger partial charge in [-0.3, -0.25) is 10.1 Å². The van der Waals surface area contributed by atoms with Gasteiger partial charge in [-0.25, -0.2) is 4.79 Å². The second-order valence-electron chi connectivity index (χ2n) is 2.28. The highest BCUT2D eigenvalue weighted by Gasteiger charge is 2.09. The summed E-state index contributed by atoms with van der Waals surface area (Å²) in [4.78, 5) is 20.5. The van der Waals surface area contributed by atoms with Crippen molar-refractivity contribution in [3.63, 3.8) is 0 Å². The summed E-state index contributed by atoms with van der Waals surface area (Å²) in [5.74, 6) is -0.0494. The fraction of sp³-hybridized carbons (Fsp3) is 0.222. The first-order chi connectivity index (χ1) is 7.04. The second-order valence-corrected chi connectivity index (χ2v) is 2.28. The molecule has 6 heteroatoms. The lowest BCUT2D eigenvalue weighted by molar-refractivity contribution is -0.419. The zero-order valence-electron chi connectivity index (χ0n) is 8.43. The monoisotopic (exact) mass is 213 g/mol. The van der Waals surface area contributed by atoms with Gasteiger partial charge < -0.3 is 9.47 Å². The third kappa shape index (κ3) is 4.61. The van der Waals surface area contributed by atoms with Crippen LogP contribution < -0.4 is 0 Å². The molecule has 82 valence electrons. The van der Waals surface area contributed by atoms with Crippen molar-refractivity contribution in [1.82, 2.24) is 0 Å². The number of methoxy groups -OCH3 is 1. The largest absolute Gasteiger partial charge is 0.513 e. The maximum Gasteiger partial charge on any atom is 0.513 e. The number of hydrogen-bond donors (Lipinski definition) is 0. The van der Waals surface area contributed by atoms with Crippen molar-refractivity contribution < 1.29 is 19.2 Å². The van der Waals surface area contributed by atoms with Crippen LogP contribution in [0.4, 0.5) is 4.79 Å². The van der Waals surface area contributed by atoms with Gasteiger partial charge in [0.1, 0.15) is 5.76 Å². The molecule has 0 aromatic rings. The molecule has 0 aliphatic heterocycles. The molecule has 0 aliphatic carbocycles. The van der Waals surface area contributed by atoms with Crippen LogP contribution in [0.25, 0.3) is 0 Å². The molecular formula is C9H11NO5. The second kappa shape index (κ2) is 6.36. The minimum absolute atomic E-state index is 0.0494. The van der Waals surface area contributed by atoms with E-state index >= 15 is 0 Å². The van der Waals surface area contributed by atoms with Crippen molar-refractivity contribution in [1.29, 1.82) is 0 Å². The molecule has 15 heavy (non-hydrogen) atoms. The van der Waals surface area contributed by atoms with E-state index < -0.39 is 11.1 Å². The molecule has 0 unspecified atom stereocenters. The zero-order valence-corrected chi connectivity index (χ0v) is 8.43. The topological polar surface area (TPSA) is 78.7 Å². The molecule has 0 rings (SSSR count). The van der Waals surface area contributed by atoms with Gasteiger partial charge in [0.25, 0.3) is 5.70 Å². The normalized spacial score (nSPS) is 11.9. The van der Waals surface area contributed by atoms with Crippen LogP contribution in [0.15, 0.2) is 36.3 Å². The van der Waals surface area contributed by atoms with Gasteiger partial charge in [0.2, 0.25) is 0 Å². The third-order valence-electron chi connectivity index (χ3n) is 1.37. The molecule has 0 bridgehead atoms. The van der Waals surface area contributed by atoms with Crippen LogP contribution in [-0.4, -0.2) is 18.2 Å². The SMILES string of the molecule is C=C/C(=C\C(=C/C)[N+](=O)[O-])OC(=O)OC. The minimum atomic E-state index is -0.958.